The molecule has 0 amide bonds. The number of hydrogen-bond acceptors (Lipinski definition) is 2. The minimum atomic E-state index is -3.64. The van der Waals surface area contributed by atoms with Gasteiger partial charge in [-0.15, -0.1) is 0 Å². The second kappa shape index (κ2) is 4.77. The first-order valence-electron chi connectivity index (χ1n) is 3.89. The quantitative estimate of drug-likeness (QED) is 0.593. The number of halogens is 4. The second-order valence-corrected chi connectivity index (χ2v) is 3.43. The van der Waals surface area contributed by atoms with E-state index < -0.39 is 10.6 Å². The van der Waals surface area contributed by atoms with E-state index in [4.69, 9.17) is 16.3 Å². The van der Waals surface area contributed by atoms with E-state index in [9.17, 15) is 8.78 Å². The van der Waals surface area contributed by atoms with Gasteiger partial charge in [0.25, 0.3) is 0 Å². The summed E-state index contributed by atoms with van der Waals surface area (Å²) < 4.78 is 29.7. The molecule has 0 aliphatic carbocycles. The molecule has 0 aliphatic rings. The zero-order chi connectivity index (χ0) is 11.5. The van der Waals surface area contributed by atoms with Crippen molar-refractivity contribution in [1.29, 1.82) is 0 Å². The van der Waals surface area contributed by atoms with Gasteiger partial charge in [0.2, 0.25) is 0 Å². The smallest absolute Gasteiger partial charge is 0.375 e. The van der Waals surface area contributed by atoms with Crippen LogP contribution in [0.2, 0.25) is 0 Å². The normalized spacial score (nSPS) is 12.7. The molecular weight excluding hydrogens is 247 g/mol. The van der Waals surface area contributed by atoms with Crippen LogP contribution in [0.15, 0.2) is 29.3 Å². The Morgan fingerprint density at radius 2 is 1.87 bits per heavy atom. The summed E-state index contributed by atoms with van der Waals surface area (Å²) in [6.45, 7) is 0. The lowest BCUT2D eigenvalue weighted by atomic mass is 10.3. The van der Waals surface area contributed by atoms with Crippen LogP contribution in [0.3, 0.4) is 0 Å². The molecule has 1 aromatic carbocycles. The minimum absolute atomic E-state index is 0.279. The number of benzene rings is 1. The fourth-order valence-corrected chi connectivity index (χ4v) is 0.973. The third kappa shape index (κ3) is 3.64. The van der Waals surface area contributed by atoms with Crippen LogP contribution in [-0.4, -0.2) is 17.7 Å². The maximum absolute atomic E-state index is 12.4. The van der Waals surface area contributed by atoms with Gasteiger partial charge in [-0.1, -0.05) is 11.6 Å². The Balaban J connectivity index is 2.89. The molecule has 0 unspecified atom stereocenters. The van der Waals surface area contributed by atoms with Gasteiger partial charge in [0, 0.05) is 0 Å². The number of aliphatic imine (C=N–C) groups is 1. The Bertz CT molecular complexity index is 359. The van der Waals surface area contributed by atoms with E-state index in [2.05, 4.69) is 16.6 Å². The van der Waals surface area contributed by atoms with Crippen molar-refractivity contribution < 1.29 is 13.5 Å². The van der Waals surface area contributed by atoms with Crippen molar-refractivity contribution in [2.45, 2.75) is 5.38 Å². The van der Waals surface area contributed by atoms with Gasteiger partial charge < -0.3 is 4.74 Å². The molecule has 1 rings (SSSR count). The molecule has 0 aliphatic heterocycles. The van der Waals surface area contributed by atoms with Crippen LogP contribution in [0, 0.1) is 0 Å². The van der Waals surface area contributed by atoms with E-state index in [0.717, 1.165) is 0 Å². The van der Waals surface area contributed by atoms with E-state index in [1.165, 1.54) is 19.2 Å². The lowest BCUT2D eigenvalue weighted by Gasteiger charge is -2.04. The summed E-state index contributed by atoms with van der Waals surface area (Å²) in [7, 11) is 1.50. The Morgan fingerprint density at radius 3 is 2.27 bits per heavy atom. The number of rotatable bonds is 3. The average Bonchev–Trinajstić information content (AvgIpc) is 2.17. The fourth-order valence-electron chi connectivity index (χ4n) is 0.833. The molecule has 0 N–H and O–H groups in total. The van der Waals surface area contributed by atoms with Crippen LogP contribution in [0.25, 0.3) is 0 Å². The highest BCUT2D eigenvalue weighted by molar-refractivity contribution is 6.71. The molecule has 0 radical (unpaired) electrons. The molecule has 0 aromatic heterocycles. The summed E-state index contributed by atoms with van der Waals surface area (Å²) >= 11 is 9.87. The van der Waals surface area contributed by atoms with Gasteiger partial charge in [-0.3, -0.25) is 0 Å². The first-order valence-corrected chi connectivity index (χ1v) is 4.64. The van der Waals surface area contributed by atoms with Crippen molar-refractivity contribution in [1.82, 2.24) is 0 Å². The summed E-state index contributed by atoms with van der Waals surface area (Å²) in [6.07, 6.45) is 0. The van der Waals surface area contributed by atoms with Crippen molar-refractivity contribution >= 4 is 34.1 Å². The summed E-state index contributed by atoms with van der Waals surface area (Å²) in [5.74, 6) is 0.600. The molecule has 1 aromatic rings. The van der Waals surface area contributed by atoms with Crippen LogP contribution in [0.4, 0.5) is 14.5 Å². The van der Waals surface area contributed by atoms with Crippen LogP contribution >= 0.6 is 23.2 Å². The van der Waals surface area contributed by atoms with E-state index in [-0.39, 0.29) is 5.69 Å². The highest BCUT2D eigenvalue weighted by atomic mass is 35.5. The third-order valence-corrected chi connectivity index (χ3v) is 2.13. The van der Waals surface area contributed by atoms with Crippen LogP contribution in [0.5, 0.6) is 5.75 Å². The van der Waals surface area contributed by atoms with Gasteiger partial charge in [-0.25, -0.2) is 4.99 Å². The van der Waals surface area contributed by atoms with E-state index in [1.54, 1.807) is 12.1 Å². The van der Waals surface area contributed by atoms with Crippen LogP contribution in [-0.2, 0) is 0 Å². The highest BCUT2D eigenvalue weighted by Gasteiger charge is 2.31. The summed E-state index contributed by atoms with van der Waals surface area (Å²) in [6, 6.07) is 6.14. The molecule has 2 nitrogen and oxygen atoms in total. The SMILES string of the molecule is COc1ccc(N=C(Cl)C(F)(F)Cl)cc1. The van der Waals surface area contributed by atoms with Crippen LogP contribution < -0.4 is 4.74 Å². The van der Waals surface area contributed by atoms with Gasteiger partial charge in [0.15, 0.2) is 5.17 Å². The van der Waals surface area contributed by atoms with Gasteiger partial charge in [-0.05, 0) is 35.9 Å². The Kier molecular flexibility index (Phi) is 3.88. The van der Waals surface area contributed by atoms with Crippen molar-refractivity contribution in [3.05, 3.63) is 24.3 Å². The topological polar surface area (TPSA) is 21.6 Å². The van der Waals surface area contributed by atoms with Gasteiger partial charge in [0.1, 0.15) is 5.75 Å². The largest absolute Gasteiger partial charge is 0.497 e. The standard InChI is InChI=1S/C9H7Cl2F2NO/c1-15-7-4-2-6(3-5-7)14-8(10)9(11,12)13/h2-5H,1H3. The second-order valence-electron chi connectivity index (χ2n) is 2.60. The monoisotopic (exact) mass is 253 g/mol. The summed E-state index contributed by atoms with van der Waals surface area (Å²) in [5.41, 5.74) is 0.279. The van der Waals surface area contributed by atoms with Crippen molar-refractivity contribution in [2.24, 2.45) is 4.99 Å². The number of hydrogen-bond donors (Lipinski definition) is 0. The first-order chi connectivity index (χ1) is 6.93. The molecule has 0 saturated carbocycles. The molecule has 82 valence electrons. The molecule has 0 saturated heterocycles. The molecule has 6 heteroatoms. The molecule has 0 atom stereocenters. The molecule has 15 heavy (non-hydrogen) atoms. The van der Waals surface area contributed by atoms with Crippen molar-refractivity contribution in [3.63, 3.8) is 0 Å². The molecule has 0 heterocycles. The van der Waals surface area contributed by atoms with E-state index >= 15 is 0 Å². The fraction of sp³-hybridized carbons (Fsp3) is 0.222. The summed E-state index contributed by atoms with van der Waals surface area (Å²) in [5, 5.41) is -4.60. The third-order valence-electron chi connectivity index (χ3n) is 1.53. The van der Waals surface area contributed by atoms with Gasteiger partial charge >= 0.3 is 5.38 Å². The Hall–Kier alpha value is -0.870. The van der Waals surface area contributed by atoms with Crippen LogP contribution in [0.1, 0.15) is 0 Å². The Labute approximate surface area is 95.5 Å². The first kappa shape index (κ1) is 12.2. The lowest BCUT2D eigenvalue weighted by Crippen LogP contribution is -2.14. The maximum Gasteiger partial charge on any atom is 0.375 e. The Morgan fingerprint density at radius 1 is 1.33 bits per heavy atom. The highest BCUT2D eigenvalue weighted by Crippen LogP contribution is 2.26. The zero-order valence-electron chi connectivity index (χ0n) is 7.68. The van der Waals surface area contributed by atoms with Crippen molar-refractivity contribution in [3.8, 4) is 5.75 Å². The predicted molar refractivity (Wildman–Crippen MR) is 56.7 cm³/mol. The average molecular weight is 254 g/mol. The molecule has 0 bridgehead atoms. The zero-order valence-corrected chi connectivity index (χ0v) is 9.19. The lowest BCUT2D eigenvalue weighted by molar-refractivity contribution is 0.179. The van der Waals surface area contributed by atoms with E-state index in [1.807, 2.05) is 0 Å². The maximum atomic E-state index is 12.4. The van der Waals surface area contributed by atoms with Gasteiger partial charge in [-0.2, -0.15) is 8.78 Å². The van der Waals surface area contributed by atoms with E-state index in [0.29, 0.717) is 5.75 Å². The predicted octanol–water partition coefficient (Wildman–Crippen LogP) is 3.80. The number of nitrogens with zero attached hydrogens (tertiary/aromatic N) is 1. The molecule has 0 fully saturated rings. The molecule has 0 spiro atoms. The summed E-state index contributed by atoms with van der Waals surface area (Å²) in [4.78, 5) is 3.45. The number of methoxy groups -OCH3 is 1. The number of alkyl halides is 3. The minimum Gasteiger partial charge on any atom is -0.497 e. The number of ether oxygens (including phenoxy) is 1. The molecular formula is C9H7Cl2F2NO. The van der Waals surface area contributed by atoms with Crippen molar-refractivity contribution in [2.75, 3.05) is 7.11 Å². The van der Waals surface area contributed by atoms with Gasteiger partial charge in [0.05, 0.1) is 12.8 Å².